The van der Waals surface area contributed by atoms with Crippen LogP contribution in [0.15, 0.2) is 22.9 Å². The molecule has 0 atom stereocenters. The summed E-state index contributed by atoms with van der Waals surface area (Å²) in [5, 5.41) is 16.7. The monoisotopic (exact) mass is 263 g/mol. The second-order valence-corrected chi connectivity index (χ2v) is 5.93. The molecule has 0 spiro atoms. The van der Waals surface area contributed by atoms with Crippen molar-refractivity contribution in [2.24, 2.45) is 5.41 Å². The van der Waals surface area contributed by atoms with Crippen molar-refractivity contribution in [3.8, 4) is 11.8 Å². The molecule has 0 saturated carbocycles. The first-order valence-corrected chi connectivity index (χ1v) is 6.90. The lowest BCUT2D eigenvalue weighted by Crippen LogP contribution is -2.26. The van der Waals surface area contributed by atoms with Gasteiger partial charge in [-0.2, -0.15) is 0 Å². The molecule has 1 aliphatic rings. The molecule has 1 heterocycles. The maximum Gasteiger partial charge on any atom is 0.109 e. The first kappa shape index (κ1) is 14.7. The van der Waals surface area contributed by atoms with E-state index in [1.54, 1.807) is 0 Å². The van der Waals surface area contributed by atoms with Crippen LogP contribution >= 0.6 is 11.8 Å². The van der Waals surface area contributed by atoms with E-state index in [0.717, 1.165) is 24.4 Å². The lowest BCUT2D eigenvalue weighted by molar-refractivity contribution is 0.570. The van der Waals surface area contributed by atoms with Crippen LogP contribution in [0.25, 0.3) is 0 Å². The lowest BCUT2D eigenvalue weighted by atomic mass is 9.98. The summed E-state index contributed by atoms with van der Waals surface area (Å²) in [5.41, 5.74) is 0.989. The third kappa shape index (κ3) is 4.89. The van der Waals surface area contributed by atoms with Crippen molar-refractivity contribution in [2.45, 2.75) is 27.2 Å². The van der Waals surface area contributed by atoms with Crippen molar-refractivity contribution in [3.05, 3.63) is 22.9 Å². The minimum atomic E-state index is 0.0667. The number of rotatable bonds is 4. The van der Waals surface area contributed by atoms with Gasteiger partial charge in [0.15, 0.2) is 0 Å². The van der Waals surface area contributed by atoms with Crippen LogP contribution in [-0.4, -0.2) is 18.6 Å². The van der Waals surface area contributed by atoms with Crippen LogP contribution in [-0.2, 0) is 0 Å². The predicted octanol–water partition coefficient (Wildman–Crippen LogP) is 2.68. The molecule has 0 radical (unpaired) electrons. The fourth-order valence-corrected chi connectivity index (χ4v) is 2.04. The largest absolute Gasteiger partial charge is 0.374 e. The van der Waals surface area contributed by atoms with E-state index < -0.39 is 0 Å². The molecule has 4 heteroatoms. The Morgan fingerprint density at radius 3 is 2.67 bits per heavy atom. The van der Waals surface area contributed by atoms with Gasteiger partial charge in [0.05, 0.1) is 0 Å². The summed E-state index contributed by atoms with van der Waals surface area (Å²) >= 11 is 1.43. The van der Waals surface area contributed by atoms with E-state index in [0.29, 0.717) is 5.04 Å². The van der Waals surface area contributed by atoms with Crippen molar-refractivity contribution in [1.29, 1.82) is 5.41 Å². The average molecular weight is 263 g/mol. The SMILES string of the molecule is CN/C(NCCC#CC(C)(C)C)=C1/C=CSC1=N. The Morgan fingerprint density at radius 2 is 2.17 bits per heavy atom. The molecule has 3 nitrogen and oxygen atoms in total. The Bertz CT molecular complexity index is 430. The molecule has 0 fully saturated rings. The fraction of sp³-hybridized carbons (Fsp3) is 0.500. The van der Waals surface area contributed by atoms with Crippen molar-refractivity contribution >= 4 is 16.8 Å². The molecule has 0 unspecified atom stereocenters. The second kappa shape index (κ2) is 6.55. The predicted molar refractivity (Wildman–Crippen MR) is 80.4 cm³/mol. The molecule has 0 bridgehead atoms. The molecular formula is C14H21N3S. The maximum absolute atomic E-state index is 7.77. The Morgan fingerprint density at radius 1 is 1.44 bits per heavy atom. The highest BCUT2D eigenvalue weighted by atomic mass is 32.2. The van der Waals surface area contributed by atoms with Crippen LogP contribution < -0.4 is 10.6 Å². The number of hydrogen-bond donors (Lipinski definition) is 3. The van der Waals surface area contributed by atoms with Crippen LogP contribution in [0, 0.1) is 22.7 Å². The van der Waals surface area contributed by atoms with Crippen molar-refractivity contribution < 1.29 is 0 Å². The molecule has 0 aliphatic carbocycles. The van der Waals surface area contributed by atoms with Crippen LogP contribution in [0.4, 0.5) is 0 Å². The normalized spacial score (nSPS) is 17.2. The fourth-order valence-electron chi connectivity index (χ4n) is 1.40. The molecule has 0 aromatic carbocycles. The van der Waals surface area contributed by atoms with Crippen molar-refractivity contribution in [3.63, 3.8) is 0 Å². The summed E-state index contributed by atoms with van der Waals surface area (Å²) in [4.78, 5) is 0. The molecular weight excluding hydrogens is 242 g/mol. The van der Waals surface area contributed by atoms with Crippen molar-refractivity contribution in [2.75, 3.05) is 13.6 Å². The van der Waals surface area contributed by atoms with E-state index in [1.807, 2.05) is 18.5 Å². The first-order valence-electron chi connectivity index (χ1n) is 6.02. The van der Waals surface area contributed by atoms with Gasteiger partial charge in [-0.1, -0.05) is 17.7 Å². The second-order valence-electron chi connectivity index (χ2n) is 5.02. The first-order chi connectivity index (χ1) is 8.44. The van der Waals surface area contributed by atoms with Gasteiger partial charge in [-0.3, -0.25) is 5.41 Å². The van der Waals surface area contributed by atoms with Crippen LogP contribution in [0.2, 0.25) is 0 Å². The molecule has 0 aromatic heterocycles. The van der Waals surface area contributed by atoms with Gasteiger partial charge in [-0.05, 0) is 32.3 Å². The maximum atomic E-state index is 7.77. The summed E-state index contributed by atoms with van der Waals surface area (Å²) < 4.78 is 0. The lowest BCUT2D eigenvalue weighted by Gasteiger charge is -2.12. The van der Waals surface area contributed by atoms with Gasteiger partial charge >= 0.3 is 0 Å². The average Bonchev–Trinajstić information content (AvgIpc) is 2.68. The van der Waals surface area contributed by atoms with E-state index in [1.165, 1.54) is 11.8 Å². The standard InChI is InChI=1S/C14H21N3S/c1-14(2,3)8-5-6-9-17-13(16-4)11-7-10-18-12(11)15/h7,10,15-17H,6,9H2,1-4H3/b13-11+,15-12?. The van der Waals surface area contributed by atoms with E-state index in [-0.39, 0.29) is 5.41 Å². The molecule has 98 valence electrons. The third-order valence-electron chi connectivity index (χ3n) is 2.20. The van der Waals surface area contributed by atoms with Crippen molar-refractivity contribution in [1.82, 2.24) is 10.6 Å². The van der Waals surface area contributed by atoms with Gasteiger partial charge < -0.3 is 10.6 Å². The highest BCUT2D eigenvalue weighted by molar-refractivity contribution is 8.17. The zero-order valence-corrected chi connectivity index (χ0v) is 12.3. The van der Waals surface area contributed by atoms with E-state index in [2.05, 4.69) is 43.2 Å². The number of thioether (sulfide) groups is 1. The summed E-state index contributed by atoms with van der Waals surface area (Å²) in [6, 6.07) is 0. The van der Waals surface area contributed by atoms with Gasteiger partial charge in [0.1, 0.15) is 10.9 Å². The van der Waals surface area contributed by atoms with Gasteiger partial charge in [-0.25, -0.2) is 0 Å². The minimum Gasteiger partial charge on any atom is -0.374 e. The van der Waals surface area contributed by atoms with Gasteiger partial charge in [0.25, 0.3) is 0 Å². The zero-order valence-electron chi connectivity index (χ0n) is 11.5. The van der Waals surface area contributed by atoms with Gasteiger partial charge in [-0.15, -0.1) is 5.92 Å². The van der Waals surface area contributed by atoms with E-state index >= 15 is 0 Å². The van der Waals surface area contributed by atoms with Crippen LogP contribution in [0.1, 0.15) is 27.2 Å². The highest BCUT2D eigenvalue weighted by Crippen LogP contribution is 2.23. The molecule has 0 amide bonds. The Kier molecular flexibility index (Phi) is 5.36. The van der Waals surface area contributed by atoms with Gasteiger partial charge in [0, 0.05) is 31.0 Å². The Hall–Kier alpha value is -1.34. The minimum absolute atomic E-state index is 0.0667. The number of allylic oxidation sites excluding steroid dienone is 1. The topological polar surface area (TPSA) is 47.9 Å². The molecule has 1 rings (SSSR count). The summed E-state index contributed by atoms with van der Waals surface area (Å²) in [6.07, 6.45) is 2.76. The third-order valence-corrected chi connectivity index (χ3v) is 2.93. The quantitative estimate of drug-likeness (QED) is 0.540. The van der Waals surface area contributed by atoms with Gasteiger partial charge in [0.2, 0.25) is 0 Å². The molecule has 0 aromatic rings. The summed E-state index contributed by atoms with van der Waals surface area (Å²) in [7, 11) is 1.86. The molecule has 18 heavy (non-hydrogen) atoms. The van der Waals surface area contributed by atoms with E-state index in [9.17, 15) is 0 Å². The summed E-state index contributed by atoms with van der Waals surface area (Å²) in [5.74, 6) is 7.27. The smallest absolute Gasteiger partial charge is 0.109 e. The Labute approximate surface area is 114 Å². The molecule has 3 N–H and O–H groups in total. The number of nitrogens with one attached hydrogen (secondary N) is 3. The number of hydrogen-bond acceptors (Lipinski definition) is 4. The molecule has 0 saturated heterocycles. The zero-order chi connectivity index (χ0) is 13.6. The summed E-state index contributed by atoms with van der Waals surface area (Å²) in [6.45, 7) is 7.11. The highest BCUT2D eigenvalue weighted by Gasteiger charge is 2.12. The van der Waals surface area contributed by atoms with Crippen LogP contribution in [0.3, 0.4) is 0 Å². The molecule has 1 aliphatic heterocycles. The van der Waals surface area contributed by atoms with E-state index in [4.69, 9.17) is 5.41 Å². The Balaban J connectivity index is 2.49. The van der Waals surface area contributed by atoms with Crippen LogP contribution in [0.5, 0.6) is 0 Å².